The Kier molecular flexibility index (Phi) is 2.99. The zero-order chi connectivity index (χ0) is 19.7. The molecule has 1 aliphatic heterocycles. The second kappa shape index (κ2) is 4.82. The average Bonchev–Trinajstić information content (AvgIpc) is 3.25. The summed E-state index contributed by atoms with van der Waals surface area (Å²) in [6, 6.07) is 0. The molecule has 1 saturated heterocycles. The number of ketones is 2. The highest BCUT2D eigenvalue weighted by molar-refractivity contribution is 6.07. The van der Waals surface area contributed by atoms with Crippen LogP contribution in [0.5, 0.6) is 0 Å². The third-order valence-corrected chi connectivity index (χ3v) is 10.8. The molecule has 150 valence electrons. The van der Waals surface area contributed by atoms with Crippen molar-refractivity contribution in [3.8, 4) is 0 Å². The summed E-state index contributed by atoms with van der Waals surface area (Å²) in [6.07, 6.45) is 8.95. The molecule has 0 N–H and O–H groups in total. The van der Waals surface area contributed by atoms with E-state index in [4.69, 9.17) is 4.74 Å². The van der Waals surface area contributed by atoms with Gasteiger partial charge in [-0.2, -0.15) is 0 Å². The summed E-state index contributed by atoms with van der Waals surface area (Å²) in [6.45, 7) is 6.86. The van der Waals surface area contributed by atoms with Crippen LogP contribution in [0.3, 0.4) is 0 Å². The van der Waals surface area contributed by atoms with Gasteiger partial charge in [0.05, 0.1) is 5.92 Å². The number of rotatable bonds is 0. The lowest BCUT2D eigenvalue weighted by molar-refractivity contribution is -0.161. The maximum absolute atomic E-state index is 13.5. The van der Waals surface area contributed by atoms with Crippen LogP contribution < -0.4 is 0 Å². The molecule has 0 amide bonds. The topological polar surface area (TPSA) is 60.4 Å². The zero-order valence-corrected chi connectivity index (χ0v) is 17.2. The molecular weight excluding hydrogens is 352 g/mol. The van der Waals surface area contributed by atoms with Crippen LogP contribution in [0.1, 0.15) is 72.1 Å². The summed E-state index contributed by atoms with van der Waals surface area (Å²) in [5.41, 5.74) is 0.778. The molecule has 2 bridgehead atoms. The van der Waals surface area contributed by atoms with Crippen LogP contribution in [-0.4, -0.2) is 23.1 Å². The minimum atomic E-state index is -0.395. The van der Waals surface area contributed by atoms with Crippen LogP contribution >= 0.6 is 0 Å². The predicted octanol–water partition coefficient (Wildman–Crippen LogP) is 4.02. The molecule has 4 heteroatoms. The minimum absolute atomic E-state index is 0.0201. The summed E-state index contributed by atoms with van der Waals surface area (Å²) in [4.78, 5) is 38.4. The molecule has 1 spiro atoms. The molecule has 6 unspecified atom stereocenters. The van der Waals surface area contributed by atoms with E-state index in [1.165, 1.54) is 5.57 Å². The lowest BCUT2D eigenvalue weighted by atomic mass is 9.43. The van der Waals surface area contributed by atoms with Crippen molar-refractivity contribution in [3.05, 3.63) is 11.6 Å². The number of esters is 1. The first-order valence-corrected chi connectivity index (χ1v) is 11.2. The van der Waals surface area contributed by atoms with Crippen molar-refractivity contribution in [3.63, 3.8) is 0 Å². The van der Waals surface area contributed by atoms with Crippen LogP contribution in [0.2, 0.25) is 0 Å². The Balaban J connectivity index is 1.51. The van der Waals surface area contributed by atoms with Gasteiger partial charge in [0.1, 0.15) is 17.2 Å². The highest BCUT2D eigenvalue weighted by Gasteiger charge is 2.74. The highest BCUT2D eigenvalue weighted by atomic mass is 16.6. The summed E-state index contributed by atoms with van der Waals surface area (Å²) < 4.78 is 6.01. The number of hydrogen-bond donors (Lipinski definition) is 0. The molecule has 6 rings (SSSR count). The van der Waals surface area contributed by atoms with Crippen LogP contribution in [0.15, 0.2) is 11.6 Å². The van der Waals surface area contributed by atoms with Gasteiger partial charge in [-0.1, -0.05) is 32.4 Å². The minimum Gasteiger partial charge on any atom is -0.458 e. The average molecular weight is 383 g/mol. The molecule has 0 aromatic heterocycles. The van der Waals surface area contributed by atoms with Gasteiger partial charge in [0.25, 0.3) is 0 Å². The van der Waals surface area contributed by atoms with Crippen LogP contribution in [-0.2, 0) is 19.1 Å². The van der Waals surface area contributed by atoms with E-state index in [9.17, 15) is 14.4 Å². The number of Topliss-reactive ketones (excluding diaryl/α,β-unsaturated/α-hetero) is 2. The van der Waals surface area contributed by atoms with E-state index in [1.54, 1.807) is 0 Å². The van der Waals surface area contributed by atoms with E-state index in [0.29, 0.717) is 18.8 Å². The molecule has 4 saturated carbocycles. The number of carbonyl (C=O) groups excluding carboxylic acids is 3. The van der Waals surface area contributed by atoms with Gasteiger partial charge in [-0.3, -0.25) is 14.4 Å². The molecule has 0 aromatic carbocycles. The Morgan fingerprint density at radius 1 is 1.00 bits per heavy atom. The third kappa shape index (κ3) is 1.59. The Labute approximate surface area is 166 Å². The van der Waals surface area contributed by atoms with Crippen molar-refractivity contribution in [2.45, 2.75) is 77.7 Å². The summed E-state index contributed by atoms with van der Waals surface area (Å²) in [7, 11) is 0. The number of hydrogen-bond acceptors (Lipinski definition) is 4. The van der Waals surface area contributed by atoms with E-state index in [0.717, 1.165) is 38.5 Å². The second-order valence-electron chi connectivity index (χ2n) is 11.3. The molecule has 1 heterocycles. The molecule has 8 atom stereocenters. The first-order chi connectivity index (χ1) is 13.2. The Bertz CT molecular complexity index is 872. The number of ether oxygens (including phenoxy) is 1. The van der Waals surface area contributed by atoms with Gasteiger partial charge < -0.3 is 4.74 Å². The van der Waals surface area contributed by atoms with E-state index < -0.39 is 5.92 Å². The van der Waals surface area contributed by atoms with Crippen molar-refractivity contribution in [2.75, 3.05) is 0 Å². The van der Waals surface area contributed by atoms with Gasteiger partial charge in [-0.05, 0) is 61.2 Å². The fourth-order valence-electron chi connectivity index (χ4n) is 9.05. The Hall–Kier alpha value is -1.45. The van der Waals surface area contributed by atoms with Crippen LogP contribution in [0, 0.1) is 39.9 Å². The fraction of sp³-hybridized carbons (Fsp3) is 0.792. The van der Waals surface area contributed by atoms with Gasteiger partial charge in [0.15, 0.2) is 0 Å². The normalized spacial score (nSPS) is 56.5. The van der Waals surface area contributed by atoms with E-state index in [2.05, 4.69) is 26.8 Å². The lowest BCUT2D eigenvalue weighted by Crippen LogP contribution is -2.56. The molecule has 0 aromatic rings. The van der Waals surface area contributed by atoms with E-state index in [1.807, 2.05) is 0 Å². The van der Waals surface area contributed by atoms with Crippen molar-refractivity contribution in [1.29, 1.82) is 0 Å². The van der Waals surface area contributed by atoms with Crippen molar-refractivity contribution >= 4 is 17.5 Å². The first kappa shape index (κ1) is 17.4. The van der Waals surface area contributed by atoms with Gasteiger partial charge >= 0.3 is 5.97 Å². The molecule has 5 aliphatic carbocycles. The number of carbonyl (C=O) groups is 3. The van der Waals surface area contributed by atoms with Crippen molar-refractivity contribution < 1.29 is 19.1 Å². The number of allylic oxidation sites excluding steroid dienone is 2. The van der Waals surface area contributed by atoms with Gasteiger partial charge in [0.2, 0.25) is 0 Å². The largest absolute Gasteiger partial charge is 0.458 e. The van der Waals surface area contributed by atoms with E-state index >= 15 is 0 Å². The Morgan fingerprint density at radius 3 is 2.50 bits per heavy atom. The standard InChI is InChI=1S/C24H30O4/c1-21-9-6-16(25)19-20(27)13(12-23(19,21)3)18-14(21)4-8-22(2)15(18)5-10-24(22)11-7-17(26)28-24/h4,13,15,18-19H,5-12H2,1-3H3/t13?,15?,18?,19?,21?,22?,23-,24-/m1/s1. The van der Waals surface area contributed by atoms with Crippen LogP contribution in [0.25, 0.3) is 0 Å². The molecule has 6 aliphatic rings. The first-order valence-electron chi connectivity index (χ1n) is 11.2. The third-order valence-electron chi connectivity index (χ3n) is 10.8. The van der Waals surface area contributed by atoms with Gasteiger partial charge in [0, 0.05) is 24.2 Å². The summed E-state index contributed by atoms with van der Waals surface area (Å²) >= 11 is 0. The molecule has 0 radical (unpaired) electrons. The fourth-order valence-corrected chi connectivity index (χ4v) is 9.05. The highest BCUT2D eigenvalue weighted by Crippen LogP contribution is 2.75. The van der Waals surface area contributed by atoms with Gasteiger partial charge in [-0.15, -0.1) is 0 Å². The summed E-state index contributed by atoms with van der Waals surface area (Å²) in [5, 5.41) is 0. The van der Waals surface area contributed by atoms with Crippen molar-refractivity contribution in [1.82, 2.24) is 0 Å². The Morgan fingerprint density at radius 2 is 1.79 bits per heavy atom. The zero-order valence-electron chi connectivity index (χ0n) is 17.2. The molecule has 28 heavy (non-hydrogen) atoms. The van der Waals surface area contributed by atoms with Gasteiger partial charge in [-0.25, -0.2) is 0 Å². The summed E-state index contributed by atoms with van der Waals surface area (Å²) in [5.74, 6) is 0.546. The van der Waals surface area contributed by atoms with Crippen LogP contribution in [0.4, 0.5) is 0 Å². The van der Waals surface area contributed by atoms with Crippen molar-refractivity contribution in [2.24, 2.45) is 39.9 Å². The second-order valence-corrected chi connectivity index (χ2v) is 11.3. The lowest BCUT2D eigenvalue weighted by Gasteiger charge is -2.60. The molecule has 5 fully saturated rings. The monoisotopic (exact) mass is 382 g/mol. The maximum atomic E-state index is 13.5. The predicted molar refractivity (Wildman–Crippen MR) is 102 cm³/mol. The smallest absolute Gasteiger partial charge is 0.306 e. The van der Waals surface area contributed by atoms with E-state index in [-0.39, 0.29) is 51.2 Å². The quantitative estimate of drug-likeness (QED) is 0.361. The maximum Gasteiger partial charge on any atom is 0.306 e. The number of fused-ring (bicyclic) bond motifs is 7. The SMILES string of the molecule is CC12CC=C3C(C4C[C@]5(C)C(C(=O)CCC35C)C4=O)C1CC[C@@]21CCC(=O)O1. The molecule has 4 nitrogen and oxygen atoms in total. The molecular formula is C24H30O4.